The average molecular weight is 234 g/mol. The zero-order valence-electron chi connectivity index (χ0n) is 9.97. The van der Waals surface area contributed by atoms with E-state index in [1.807, 2.05) is 25.1 Å². The van der Waals surface area contributed by atoms with Crippen LogP contribution in [0.2, 0.25) is 0 Å². The zero-order valence-corrected chi connectivity index (χ0v) is 9.97. The van der Waals surface area contributed by atoms with Crippen molar-refractivity contribution in [1.82, 2.24) is 15.0 Å². The standard InChI is InChI=1S/C11H14N4O2/c1-7-11(12)13-14-15(7)9-6-8(16-2)4-5-10(9)17-3/h4-6H,12H2,1-3H3. The predicted octanol–water partition coefficient (Wildman–Crippen LogP) is 1.18. The highest BCUT2D eigenvalue weighted by Gasteiger charge is 2.12. The van der Waals surface area contributed by atoms with Crippen LogP contribution in [0.25, 0.3) is 5.69 Å². The molecule has 1 heterocycles. The monoisotopic (exact) mass is 234 g/mol. The lowest BCUT2D eigenvalue weighted by Gasteiger charge is -2.10. The van der Waals surface area contributed by atoms with Gasteiger partial charge in [-0.3, -0.25) is 0 Å². The van der Waals surface area contributed by atoms with Crippen molar-refractivity contribution in [2.24, 2.45) is 0 Å². The van der Waals surface area contributed by atoms with Crippen molar-refractivity contribution in [1.29, 1.82) is 0 Å². The van der Waals surface area contributed by atoms with E-state index in [9.17, 15) is 0 Å². The summed E-state index contributed by atoms with van der Waals surface area (Å²) in [6.07, 6.45) is 0. The maximum Gasteiger partial charge on any atom is 0.169 e. The van der Waals surface area contributed by atoms with E-state index >= 15 is 0 Å². The van der Waals surface area contributed by atoms with Crippen LogP contribution in [0.1, 0.15) is 5.69 Å². The lowest BCUT2D eigenvalue weighted by atomic mass is 10.2. The van der Waals surface area contributed by atoms with Gasteiger partial charge in [-0.2, -0.15) is 0 Å². The van der Waals surface area contributed by atoms with Crippen molar-refractivity contribution >= 4 is 5.82 Å². The quantitative estimate of drug-likeness (QED) is 0.862. The van der Waals surface area contributed by atoms with Crippen molar-refractivity contribution in [3.05, 3.63) is 23.9 Å². The Morgan fingerprint density at radius 3 is 2.53 bits per heavy atom. The topological polar surface area (TPSA) is 75.2 Å². The Hall–Kier alpha value is -2.24. The number of hydrogen-bond acceptors (Lipinski definition) is 5. The van der Waals surface area contributed by atoms with Gasteiger partial charge < -0.3 is 15.2 Å². The summed E-state index contributed by atoms with van der Waals surface area (Å²) in [6, 6.07) is 5.45. The summed E-state index contributed by atoms with van der Waals surface area (Å²) >= 11 is 0. The van der Waals surface area contributed by atoms with Crippen LogP contribution in [0.4, 0.5) is 5.82 Å². The van der Waals surface area contributed by atoms with Gasteiger partial charge in [-0.05, 0) is 19.1 Å². The molecule has 0 saturated heterocycles. The molecular weight excluding hydrogens is 220 g/mol. The number of methoxy groups -OCH3 is 2. The largest absolute Gasteiger partial charge is 0.497 e. The molecule has 17 heavy (non-hydrogen) atoms. The van der Waals surface area contributed by atoms with Gasteiger partial charge in [-0.25, -0.2) is 4.68 Å². The Labute approximate surface area is 98.9 Å². The Morgan fingerprint density at radius 1 is 1.24 bits per heavy atom. The Morgan fingerprint density at radius 2 is 2.00 bits per heavy atom. The number of nitrogens with zero attached hydrogens (tertiary/aromatic N) is 3. The second kappa shape index (κ2) is 4.32. The molecule has 90 valence electrons. The molecule has 0 aliphatic rings. The molecule has 1 aromatic heterocycles. The van der Waals surface area contributed by atoms with Gasteiger partial charge in [0.15, 0.2) is 5.82 Å². The van der Waals surface area contributed by atoms with E-state index in [0.29, 0.717) is 17.3 Å². The minimum atomic E-state index is 0.398. The molecule has 0 radical (unpaired) electrons. The van der Waals surface area contributed by atoms with Gasteiger partial charge in [-0.15, -0.1) is 5.10 Å². The molecule has 0 fully saturated rings. The van der Waals surface area contributed by atoms with Gasteiger partial charge in [0, 0.05) is 6.07 Å². The van der Waals surface area contributed by atoms with Crippen LogP contribution in [0.5, 0.6) is 11.5 Å². The minimum Gasteiger partial charge on any atom is -0.497 e. The molecule has 1 aromatic carbocycles. The van der Waals surface area contributed by atoms with Gasteiger partial charge in [0.25, 0.3) is 0 Å². The number of nitrogens with two attached hydrogens (primary N) is 1. The van der Waals surface area contributed by atoms with Crippen LogP contribution in [-0.2, 0) is 0 Å². The van der Waals surface area contributed by atoms with Crippen molar-refractivity contribution < 1.29 is 9.47 Å². The van der Waals surface area contributed by atoms with Crippen LogP contribution < -0.4 is 15.2 Å². The normalized spacial score (nSPS) is 10.3. The lowest BCUT2D eigenvalue weighted by molar-refractivity contribution is 0.400. The first-order valence-corrected chi connectivity index (χ1v) is 5.07. The molecule has 0 amide bonds. The number of rotatable bonds is 3. The summed E-state index contributed by atoms with van der Waals surface area (Å²) < 4.78 is 12.1. The molecule has 0 aliphatic heterocycles. The fourth-order valence-electron chi connectivity index (χ4n) is 1.53. The van der Waals surface area contributed by atoms with Gasteiger partial charge in [0.1, 0.15) is 17.2 Å². The third kappa shape index (κ3) is 1.89. The van der Waals surface area contributed by atoms with Crippen LogP contribution >= 0.6 is 0 Å². The average Bonchev–Trinajstić information content (AvgIpc) is 2.69. The summed E-state index contributed by atoms with van der Waals surface area (Å²) in [5.74, 6) is 1.79. The van der Waals surface area contributed by atoms with Crippen molar-refractivity contribution in [2.45, 2.75) is 6.92 Å². The fourth-order valence-corrected chi connectivity index (χ4v) is 1.53. The number of aromatic nitrogens is 3. The lowest BCUT2D eigenvalue weighted by Crippen LogP contribution is -2.03. The Balaban J connectivity index is 2.60. The molecule has 6 nitrogen and oxygen atoms in total. The highest BCUT2D eigenvalue weighted by molar-refractivity contribution is 5.53. The second-order valence-electron chi connectivity index (χ2n) is 3.51. The van der Waals surface area contributed by atoms with E-state index in [0.717, 1.165) is 11.4 Å². The number of benzene rings is 1. The molecule has 2 N–H and O–H groups in total. The smallest absolute Gasteiger partial charge is 0.169 e. The zero-order chi connectivity index (χ0) is 12.4. The number of ether oxygens (including phenoxy) is 2. The van der Waals surface area contributed by atoms with E-state index < -0.39 is 0 Å². The van der Waals surface area contributed by atoms with Crippen LogP contribution in [0.15, 0.2) is 18.2 Å². The Bertz CT molecular complexity index is 536. The molecule has 2 aromatic rings. The summed E-state index contributed by atoms with van der Waals surface area (Å²) in [5.41, 5.74) is 7.18. The maximum absolute atomic E-state index is 5.67. The molecule has 0 unspecified atom stereocenters. The van der Waals surface area contributed by atoms with Gasteiger partial charge >= 0.3 is 0 Å². The molecular formula is C11H14N4O2. The van der Waals surface area contributed by atoms with E-state index in [4.69, 9.17) is 15.2 Å². The summed E-state index contributed by atoms with van der Waals surface area (Å²) in [6.45, 7) is 1.84. The van der Waals surface area contributed by atoms with Crippen molar-refractivity contribution in [3.8, 4) is 17.2 Å². The van der Waals surface area contributed by atoms with Gasteiger partial charge in [0.2, 0.25) is 0 Å². The first kappa shape index (κ1) is 11.3. The first-order valence-electron chi connectivity index (χ1n) is 5.07. The highest BCUT2D eigenvalue weighted by atomic mass is 16.5. The maximum atomic E-state index is 5.67. The van der Waals surface area contributed by atoms with Crippen molar-refractivity contribution in [2.75, 3.05) is 20.0 Å². The number of anilines is 1. The summed E-state index contributed by atoms with van der Waals surface area (Å²) in [5, 5.41) is 7.79. The van der Waals surface area contributed by atoms with E-state index in [1.54, 1.807) is 18.9 Å². The van der Waals surface area contributed by atoms with Gasteiger partial charge in [-0.1, -0.05) is 5.21 Å². The SMILES string of the molecule is COc1ccc(OC)c(-n2nnc(N)c2C)c1. The van der Waals surface area contributed by atoms with E-state index in [1.165, 1.54) is 0 Å². The Kier molecular flexibility index (Phi) is 2.86. The molecule has 2 rings (SSSR count). The molecule has 0 aliphatic carbocycles. The molecule has 0 bridgehead atoms. The third-order valence-electron chi connectivity index (χ3n) is 2.54. The van der Waals surface area contributed by atoms with Crippen LogP contribution in [-0.4, -0.2) is 29.2 Å². The molecule has 0 spiro atoms. The third-order valence-corrected chi connectivity index (χ3v) is 2.54. The van der Waals surface area contributed by atoms with Crippen molar-refractivity contribution in [3.63, 3.8) is 0 Å². The molecule has 0 saturated carbocycles. The van der Waals surface area contributed by atoms with Crippen LogP contribution in [0.3, 0.4) is 0 Å². The fraction of sp³-hybridized carbons (Fsp3) is 0.273. The number of nitrogen functional groups attached to an aromatic ring is 1. The molecule has 6 heteroatoms. The van der Waals surface area contributed by atoms with E-state index in [2.05, 4.69) is 10.3 Å². The predicted molar refractivity (Wildman–Crippen MR) is 63.6 cm³/mol. The number of hydrogen-bond donors (Lipinski definition) is 1. The minimum absolute atomic E-state index is 0.398. The second-order valence-corrected chi connectivity index (χ2v) is 3.51. The highest BCUT2D eigenvalue weighted by Crippen LogP contribution is 2.28. The summed E-state index contributed by atoms with van der Waals surface area (Å²) in [4.78, 5) is 0. The van der Waals surface area contributed by atoms with E-state index in [-0.39, 0.29) is 0 Å². The van der Waals surface area contributed by atoms with Crippen LogP contribution in [0, 0.1) is 6.92 Å². The molecule has 0 atom stereocenters. The summed E-state index contributed by atoms with van der Waals surface area (Å²) in [7, 11) is 3.20. The van der Waals surface area contributed by atoms with Gasteiger partial charge in [0.05, 0.1) is 19.9 Å². The first-order chi connectivity index (χ1) is 8.17.